The van der Waals surface area contributed by atoms with E-state index in [1.54, 1.807) is 13.8 Å². The maximum atomic E-state index is 12.5. The first-order chi connectivity index (χ1) is 11.7. The van der Waals surface area contributed by atoms with E-state index in [1.807, 2.05) is 0 Å². The van der Waals surface area contributed by atoms with Crippen molar-refractivity contribution in [1.82, 2.24) is 5.32 Å². The highest BCUT2D eigenvalue weighted by Gasteiger charge is 2.40. The molecule has 25 heavy (non-hydrogen) atoms. The van der Waals surface area contributed by atoms with Crippen molar-refractivity contribution in [1.29, 1.82) is 0 Å². The summed E-state index contributed by atoms with van der Waals surface area (Å²) in [4.78, 5) is 24.4. The molecule has 0 aromatic heterocycles. The molecule has 1 aliphatic rings. The van der Waals surface area contributed by atoms with Gasteiger partial charge in [0.1, 0.15) is 5.54 Å². The Kier molecular flexibility index (Phi) is 5.87. The molecular formula is C18H25NO5S. The fraction of sp³-hybridized carbons (Fsp3) is 0.556. The third kappa shape index (κ3) is 4.21. The van der Waals surface area contributed by atoms with Crippen LogP contribution < -0.4 is 5.32 Å². The molecule has 0 bridgehead atoms. The van der Waals surface area contributed by atoms with Crippen molar-refractivity contribution in [3.63, 3.8) is 0 Å². The third-order valence-corrected chi connectivity index (χ3v) is 6.96. The van der Waals surface area contributed by atoms with E-state index in [2.05, 4.69) is 5.32 Å². The van der Waals surface area contributed by atoms with Crippen molar-refractivity contribution in [2.45, 2.75) is 68.1 Å². The monoisotopic (exact) mass is 367 g/mol. The Bertz CT molecular complexity index is 729. The van der Waals surface area contributed by atoms with Crippen LogP contribution in [0, 0.1) is 0 Å². The first-order valence-corrected chi connectivity index (χ1v) is 10.1. The summed E-state index contributed by atoms with van der Waals surface area (Å²) in [5.74, 6) is -1.50. The van der Waals surface area contributed by atoms with Crippen LogP contribution in [0.4, 0.5) is 0 Å². The molecular weight excluding hydrogens is 342 g/mol. The van der Waals surface area contributed by atoms with Gasteiger partial charge in [-0.05, 0) is 51.0 Å². The maximum Gasteiger partial charge on any atom is 0.329 e. The topological polar surface area (TPSA) is 101 Å². The summed E-state index contributed by atoms with van der Waals surface area (Å²) < 4.78 is 24.3. The molecule has 1 fully saturated rings. The second kappa shape index (κ2) is 7.56. The van der Waals surface area contributed by atoms with Crippen LogP contribution in [-0.4, -0.2) is 36.2 Å². The van der Waals surface area contributed by atoms with Crippen LogP contribution in [0.15, 0.2) is 29.2 Å². The smallest absolute Gasteiger partial charge is 0.329 e. The molecule has 0 heterocycles. The van der Waals surface area contributed by atoms with E-state index >= 15 is 0 Å². The molecule has 0 atom stereocenters. The number of rotatable bonds is 5. The molecule has 138 valence electrons. The number of amides is 1. The Morgan fingerprint density at radius 2 is 1.56 bits per heavy atom. The number of benzene rings is 1. The van der Waals surface area contributed by atoms with Gasteiger partial charge in [0.15, 0.2) is 9.84 Å². The van der Waals surface area contributed by atoms with E-state index in [1.165, 1.54) is 24.3 Å². The molecule has 0 unspecified atom stereocenters. The van der Waals surface area contributed by atoms with E-state index in [0.29, 0.717) is 12.8 Å². The molecule has 1 aromatic rings. The van der Waals surface area contributed by atoms with Gasteiger partial charge in [-0.3, -0.25) is 4.79 Å². The number of aliphatic carboxylic acids is 1. The molecule has 1 aliphatic carbocycles. The molecule has 0 spiro atoms. The van der Waals surface area contributed by atoms with Crippen LogP contribution in [0.25, 0.3) is 0 Å². The molecule has 7 heteroatoms. The van der Waals surface area contributed by atoms with Gasteiger partial charge < -0.3 is 10.4 Å². The summed E-state index contributed by atoms with van der Waals surface area (Å²) in [5, 5.41) is 11.8. The molecule has 0 radical (unpaired) electrons. The highest BCUT2D eigenvalue weighted by molar-refractivity contribution is 7.92. The number of carbonyl (C=O) groups excluding carboxylic acids is 1. The molecule has 1 aromatic carbocycles. The van der Waals surface area contributed by atoms with Crippen molar-refractivity contribution < 1.29 is 23.1 Å². The van der Waals surface area contributed by atoms with Crippen LogP contribution in [0.3, 0.4) is 0 Å². The van der Waals surface area contributed by atoms with Gasteiger partial charge in [-0.2, -0.15) is 0 Å². The number of hydrogen-bond donors (Lipinski definition) is 2. The Morgan fingerprint density at radius 1 is 1.04 bits per heavy atom. The molecule has 6 nitrogen and oxygen atoms in total. The van der Waals surface area contributed by atoms with E-state index in [0.717, 1.165) is 25.7 Å². The molecule has 1 amide bonds. The van der Waals surface area contributed by atoms with Gasteiger partial charge in [0, 0.05) is 5.56 Å². The second-order valence-corrected chi connectivity index (χ2v) is 9.38. The Morgan fingerprint density at radius 3 is 2.00 bits per heavy atom. The summed E-state index contributed by atoms with van der Waals surface area (Å²) in [6, 6.07) is 5.64. The average Bonchev–Trinajstić information content (AvgIpc) is 2.81. The molecule has 2 N–H and O–H groups in total. The SMILES string of the molecule is CC(C)S(=O)(=O)c1ccc(C(=O)NC2(C(=O)O)CCCCCC2)cc1. The largest absolute Gasteiger partial charge is 0.480 e. The van der Waals surface area contributed by atoms with Crippen molar-refractivity contribution in [2.24, 2.45) is 0 Å². The number of carboxylic acid groups (broad SMARTS) is 1. The highest BCUT2D eigenvalue weighted by atomic mass is 32.2. The summed E-state index contributed by atoms with van der Waals surface area (Å²) in [6.45, 7) is 3.19. The second-order valence-electron chi connectivity index (χ2n) is 6.87. The lowest BCUT2D eigenvalue weighted by molar-refractivity contribution is -0.145. The predicted octanol–water partition coefficient (Wildman–Crippen LogP) is 2.78. The highest BCUT2D eigenvalue weighted by Crippen LogP contribution is 2.28. The molecule has 0 saturated heterocycles. The number of carbonyl (C=O) groups is 2. The van der Waals surface area contributed by atoms with Crippen LogP contribution >= 0.6 is 0 Å². The lowest BCUT2D eigenvalue weighted by atomic mass is 9.90. The number of carboxylic acids is 1. The van der Waals surface area contributed by atoms with Crippen molar-refractivity contribution >= 4 is 21.7 Å². The zero-order valence-corrected chi connectivity index (χ0v) is 15.4. The van der Waals surface area contributed by atoms with Crippen LogP contribution in [0.5, 0.6) is 0 Å². The first kappa shape index (κ1) is 19.4. The van der Waals surface area contributed by atoms with Crippen molar-refractivity contribution in [3.05, 3.63) is 29.8 Å². The average molecular weight is 367 g/mol. The van der Waals surface area contributed by atoms with Gasteiger partial charge in [0.25, 0.3) is 5.91 Å². The number of hydrogen-bond acceptors (Lipinski definition) is 4. The van der Waals surface area contributed by atoms with Gasteiger partial charge in [-0.25, -0.2) is 13.2 Å². The Balaban J connectivity index is 2.21. The van der Waals surface area contributed by atoms with Gasteiger partial charge >= 0.3 is 5.97 Å². The minimum atomic E-state index is -3.40. The quantitative estimate of drug-likeness (QED) is 0.780. The van der Waals surface area contributed by atoms with E-state index in [4.69, 9.17) is 0 Å². The van der Waals surface area contributed by atoms with E-state index < -0.39 is 32.5 Å². The zero-order valence-electron chi connectivity index (χ0n) is 14.6. The van der Waals surface area contributed by atoms with Gasteiger partial charge in [0.2, 0.25) is 0 Å². The molecule has 1 saturated carbocycles. The fourth-order valence-corrected chi connectivity index (χ4v) is 4.14. The molecule has 2 rings (SSSR count). The van der Waals surface area contributed by atoms with Gasteiger partial charge in [0.05, 0.1) is 10.1 Å². The maximum absolute atomic E-state index is 12.5. The Labute approximate surface area is 148 Å². The molecule has 0 aliphatic heterocycles. The van der Waals surface area contributed by atoms with Crippen LogP contribution in [-0.2, 0) is 14.6 Å². The van der Waals surface area contributed by atoms with Crippen LogP contribution in [0.1, 0.15) is 62.7 Å². The van der Waals surface area contributed by atoms with E-state index in [-0.39, 0.29) is 10.5 Å². The normalized spacial score (nSPS) is 17.7. The fourth-order valence-electron chi connectivity index (χ4n) is 3.08. The van der Waals surface area contributed by atoms with Crippen molar-refractivity contribution in [3.8, 4) is 0 Å². The standard InChI is InChI=1S/C18H25NO5S/c1-13(2)25(23,24)15-9-7-14(8-10-15)16(20)19-18(17(21)22)11-5-3-4-6-12-18/h7-10,13H,3-6,11-12H2,1-2H3,(H,19,20)(H,21,22). The minimum Gasteiger partial charge on any atom is -0.480 e. The van der Waals surface area contributed by atoms with Gasteiger partial charge in [-0.1, -0.05) is 25.7 Å². The van der Waals surface area contributed by atoms with Crippen molar-refractivity contribution in [2.75, 3.05) is 0 Å². The number of sulfone groups is 1. The van der Waals surface area contributed by atoms with Gasteiger partial charge in [-0.15, -0.1) is 0 Å². The number of nitrogens with one attached hydrogen (secondary N) is 1. The predicted molar refractivity (Wildman–Crippen MR) is 94.3 cm³/mol. The summed E-state index contributed by atoms with van der Waals surface area (Å²) in [7, 11) is -3.40. The lowest BCUT2D eigenvalue weighted by Crippen LogP contribution is -2.54. The summed E-state index contributed by atoms with van der Waals surface area (Å²) >= 11 is 0. The summed E-state index contributed by atoms with van der Waals surface area (Å²) in [6.07, 6.45) is 4.28. The minimum absolute atomic E-state index is 0.154. The van der Waals surface area contributed by atoms with Crippen LogP contribution in [0.2, 0.25) is 0 Å². The summed E-state index contributed by atoms with van der Waals surface area (Å²) in [5.41, 5.74) is -0.983. The van der Waals surface area contributed by atoms with E-state index in [9.17, 15) is 23.1 Å². The first-order valence-electron chi connectivity index (χ1n) is 8.59. The lowest BCUT2D eigenvalue weighted by Gasteiger charge is -2.29. The zero-order chi connectivity index (χ0) is 18.7. The third-order valence-electron chi connectivity index (χ3n) is 4.78. The Hall–Kier alpha value is -1.89.